The zero-order chi connectivity index (χ0) is 15.8. The molecule has 3 heteroatoms. The third kappa shape index (κ3) is 4.70. The molecule has 0 spiro atoms. The summed E-state index contributed by atoms with van der Waals surface area (Å²) in [6.07, 6.45) is 1.95. The van der Waals surface area contributed by atoms with Gasteiger partial charge in [0.2, 0.25) is 5.90 Å². The third-order valence-corrected chi connectivity index (χ3v) is 2.96. The Morgan fingerprint density at radius 2 is 1.50 bits per heavy atom. The second-order valence-corrected chi connectivity index (χ2v) is 5.05. The van der Waals surface area contributed by atoms with Crippen molar-refractivity contribution in [2.75, 3.05) is 6.61 Å². The number of amides is 1. The Morgan fingerprint density at radius 1 is 0.955 bits per heavy atom. The summed E-state index contributed by atoms with van der Waals surface area (Å²) >= 11 is 0. The molecule has 2 aromatic rings. The van der Waals surface area contributed by atoms with Gasteiger partial charge in [-0.25, -0.2) is 0 Å². The van der Waals surface area contributed by atoms with E-state index >= 15 is 0 Å². The Kier molecular flexibility index (Phi) is 5.66. The first-order chi connectivity index (χ1) is 10.7. The normalized spacial score (nSPS) is 10.9. The van der Waals surface area contributed by atoms with Gasteiger partial charge in [0.1, 0.15) is 6.61 Å². The van der Waals surface area contributed by atoms with Gasteiger partial charge < -0.3 is 4.74 Å². The number of benzene rings is 2. The van der Waals surface area contributed by atoms with Crippen molar-refractivity contribution in [1.82, 2.24) is 0 Å². The van der Waals surface area contributed by atoms with E-state index in [4.69, 9.17) is 4.74 Å². The van der Waals surface area contributed by atoms with Gasteiger partial charge in [0, 0.05) is 11.1 Å². The molecule has 2 aromatic carbocycles. The van der Waals surface area contributed by atoms with Crippen molar-refractivity contribution in [2.24, 2.45) is 4.99 Å². The number of allylic oxidation sites excluding steroid dienone is 1. The SMILES string of the molecule is CC(C)=CCOC(=NC(=O)c1ccccc1)c1ccccc1. The van der Waals surface area contributed by atoms with E-state index in [1.54, 1.807) is 12.1 Å². The second-order valence-electron chi connectivity index (χ2n) is 5.05. The summed E-state index contributed by atoms with van der Waals surface area (Å²) in [4.78, 5) is 16.4. The van der Waals surface area contributed by atoms with Gasteiger partial charge in [0.05, 0.1) is 0 Å². The Hall–Kier alpha value is -2.68. The summed E-state index contributed by atoms with van der Waals surface area (Å²) in [7, 11) is 0. The Balaban J connectivity index is 2.25. The Bertz CT molecular complexity index is 669. The zero-order valence-electron chi connectivity index (χ0n) is 12.8. The molecule has 2 rings (SSSR count). The average Bonchev–Trinajstić information content (AvgIpc) is 2.55. The topological polar surface area (TPSA) is 38.7 Å². The fourth-order valence-electron chi connectivity index (χ4n) is 1.79. The molecule has 0 saturated heterocycles. The third-order valence-electron chi connectivity index (χ3n) is 2.96. The summed E-state index contributed by atoms with van der Waals surface area (Å²) in [5, 5.41) is 0. The van der Waals surface area contributed by atoms with Crippen molar-refractivity contribution in [3.63, 3.8) is 0 Å². The Labute approximate surface area is 131 Å². The molecule has 1 amide bonds. The molecule has 0 heterocycles. The molecule has 0 N–H and O–H groups in total. The number of aliphatic imine (C=N–C) groups is 1. The highest BCUT2D eigenvalue weighted by Crippen LogP contribution is 2.07. The predicted octanol–water partition coefficient (Wildman–Crippen LogP) is 4.26. The number of rotatable bonds is 4. The van der Waals surface area contributed by atoms with Gasteiger partial charge in [-0.2, -0.15) is 4.99 Å². The molecular formula is C19H19NO2. The minimum atomic E-state index is -0.309. The molecule has 0 fully saturated rings. The summed E-state index contributed by atoms with van der Waals surface area (Å²) in [6.45, 7) is 4.38. The van der Waals surface area contributed by atoms with Crippen LogP contribution >= 0.6 is 0 Å². The summed E-state index contributed by atoms with van der Waals surface area (Å²) in [5.41, 5.74) is 2.48. The molecule has 0 radical (unpaired) electrons. The van der Waals surface area contributed by atoms with E-state index in [1.165, 1.54) is 0 Å². The molecule has 0 aromatic heterocycles. The van der Waals surface area contributed by atoms with Crippen molar-refractivity contribution < 1.29 is 9.53 Å². The van der Waals surface area contributed by atoms with E-state index in [0.717, 1.165) is 11.1 Å². The van der Waals surface area contributed by atoms with Crippen molar-refractivity contribution in [2.45, 2.75) is 13.8 Å². The molecule has 0 unspecified atom stereocenters. The lowest BCUT2D eigenvalue weighted by Gasteiger charge is -2.08. The van der Waals surface area contributed by atoms with Crippen molar-refractivity contribution in [1.29, 1.82) is 0 Å². The van der Waals surface area contributed by atoms with Crippen molar-refractivity contribution in [3.8, 4) is 0 Å². The van der Waals surface area contributed by atoms with Crippen LogP contribution in [0.25, 0.3) is 0 Å². The monoisotopic (exact) mass is 293 g/mol. The number of nitrogens with zero attached hydrogens (tertiary/aromatic N) is 1. The fraction of sp³-hybridized carbons (Fsp3) is 0.158. The van der Waals surface area contributed by atoms with Crippen molar-refractivity contribution >= 4 is 11.8 Å². The van der Waals surface area contributed by atoms with Crippen LogP contribution in [0, 0.1) is 0 Å². The molecule has 0 aliphatic carbocycles. The van der Waals surface area contributed by atoms with Crippen LogP contribution in [0.1, 0.15) is 29.8 Å². The van der Waals surface area contributed by atoms with E-state index in [-0.39, 0.29) is 5.91 Å². The van der Waals surface area contributed by atoms with Gasteiger partial charge in [-0.1, -0.05) is 42.0 Å². The Morgan fingerprint density at radius 3 is 2.05 bits per heavy atom. The highest BCUT2D eigenvalue weighted by Gasteiger charge is 2.09. The minimum Gasteiger partial charge on any atom is -0.473 e. The number of ether oxygens (including phenoxy) is 1. The van der Waals surface area contributed by atoms with E-state index in [2.05, 4.69) is 4.99 Å². The largest absolute Gasteiger partial charge is 0.473 e. The van der Waals surface area contributed by atoms with Crippen LogP contribution in [0.2, 0.25) is 0 Å². The van der Waals surface area contributed by atoms with Gasteiger partial charge in [-0.05, 0) is 44.2 Å². The van der Waals surface area contributed by atoms with Gasteiger partial charge >= 0.3 is 0 Å². The molecule has 22 heavy (non-hydrogen) atoms. The highest BCUT2D eigenvalue weighted by molar-refractivity contribution is 6.07. The lowest BCUT2D eigenvalue weighted by atomic mass is 10.2. The lowest BCUT2D eigenvalue weighted by molar-refractivity contribution is 0.0999. The van der Waals surface area contributed by atoms with Crippen LogP contribution in [0.5, 0.6) is 0 Å². The maximum atomic E-state index is 12.2. The molecule has 0 atom stereocenters. The van der Waals surface area contributed by atoms with Crippen LogP contribution in [-0.2, 0) is 4.74 Å². The molecule has 112 valence electrons. The smallest absolute Gasteiger partial charge is 0.280 e. The maximum Gasteiger partial charge on any atom is 0.280 e. The van der Waals surface area contributed by atoms with Gasteiger partial charge in [0.15, 0.2) is 0 Å². The van der Waals surface area contributed by atoms with Gasteiger partial charge in [-0.3, -0.25) is 4.79 Å². The number of hydrogen-bond acceptors (Lipinski definition) is 2. The van der Waals surface area contributed by atoms with E-state index in [0.29, 0.717) is 18.1 Å². The van der Waals surface area contributed by atoms with Crippen LogP contribution < -0.4 is 0 Å². The maximum absolute atomic E-state index is 12.2. The van der Waals surface area contributed by atoms with Crippen LogP contribution in [0.3, 0.4) is 0 Å². The lowest BCUT2D eigenvalue weighted by Crippen LogP contribution is -2.10. The molecule has 0 aliphatic heterocycles. The minimum absolute atomic E-state index is 0.309. The molecule has 0 aliphatic rings. The van der Waals surface area contributed by atoms with E-state index in [9.17, 15) is 4.79 Å². The van der Waals surface area contributed by atoms with Crippen LogP contribution in [-0.4, -0.2) is 18.4 Å². The number of hydrogen-bond donors (Lipinski definition) is 0. The summed E-state index contributed by atoms with van der Waals surface area (Å²) in [5.74, 6) is 0.0311. The standard InChI is InChI=1S/C19H19NO2/c1-15(2)13-14-22-19(17-11-7-4-8-12-17)20-18(21)16-9-5-3-6-10-16/h3-13H,14H2,1-2H3. The van der Waals surface area contributed by atoms with Crippen LogP contribution in [0.15, 0.2) is 77.3 Å². The van der Waals surface area contributed by atoms with E-state index in [1.807, 2.05) is 68.5 Å². The first-order valence-electron chi connectivity index (χ1n) is 7.16. The quantitative estimate of drug-likeness (QED) is 0.480. The van der Waals surface area contributed by atoms with Crippen LogP contribution in [0.4, 0.5) is 0 Å². The zero-order valence-corrected chi connectivity index (χ0v) is 12.8. The second kappa shape index (κ2) is 7.93. The fourth-order valence-corrected chi connectivity index (χ4v) is 1.79. The van der Waals surface area contributed by atoms with E-state index < -0.39 is 0 Å². The summed E-state index contributed by atoms with van der Waals surface area (Å²) < 4.78 is 5.68. The number of carbonyl (C=O) groups is 1. The average molecular weight is 293 g/mol. The molecule has 0 saturated carbocycles. The highest BCUT2D eigenvalue weighted by atomic mass is 16.5. The first kappa shape index (κ1) is 15.7. The van der Waals surface area contributed by atoms with Crippen molar-refractivity contribution in [3.05, 3.63) is 83.4 Å². The molecular weight excluding hydrogens is 274 g/mol. The summed E-state index contributed by atoms with van der Waals surface area (Å²) in [6, 6.07) is 18.4. The number of carbonyl (C=O) groups excluding carboxylic acids is 1. The predicted molar refractivity (Wildman–Crippen MR) is 89.1 cm³/mol. The molecule has 0 bridgehead atoms. The first-order valence-corrected chi connectivity index (χ1v) is 7.16. The van der Waals surface area contributed by atoms with Gasteiger partial charge in [-0.15, -0.1) is 0 Å². The molecule has 3 nitrogen and oxygen atoms in total. The van der Waals surface area contributed by atoms with Gasteiger partial charge in [0.25, 0.3) is 5.91 Å².